The second-order valence-electron chi connectivity index (χ2n) is 5.13. The van der Waals surface area contributed by atoms with Crippen LogP contribution in [-0.2, 0) is 21.2 Å². The number of hydrogen-bond donors (Lipinski definition) is 1. The standard InChI is InChI=1S/C14H22N2O3S/c1-3-12-4-6-13(7-5-12)20(17,18)16-8-9-19-14(10-16)11(2)15/h4-7,11,14H,3,8-10,15H2,1-2H3. The summed E-state index contributed by atoms with van der Waals surface area (Å²) >= 11 is 0. The van der Waals surface area contributed by atoms with Crippen molar-refractivity contribution < 1.29 is 13.2 Å². The second kappa shape index (κ2) is 6.22. The molecule has 20 heavy (non-hydrogen) atoms. The van der Waals surface area contributed by atoms with E-state index in [-0.39, 0.29) is 12.1 Å². The Hall–Kier alpha value is -0.950. The number of ether oxygens (including phenoxy) is 1. The van der Waals surface area contributed by atoms with Crippen molar-refractivity contribution in [2.45, 2.75) is 37.3 Å². The van der Waals surface area contributed by atoms with E-state index in [1.165, 1.54) is 4.31 Å². The molecule has 1 aromatic carbocycles. The van der Waals surface area contributed by atoms with Gasteiger partial charge in [-0.05, 0) is 31.0 Å². The minimum absolute atomic E-state index is 0.185. The fourth-order valence-electron chi connectivity index (χ4n) is 2.23. The summed E-state index contributed by atoms with van der Waals surface area (Å²) in [6.07, 6.45) is 0.651. The molecule has 5 nitrogen and oxygen atoms in total. The Kier molecular flexibility index (Phi) is 4.80. The van der Waals surface area contributed by atoms with Gasteiger partial charge in [-0.1, -0.05) is 19.1 Å². The number of nitrogens with zero attached hydrogens (tertiary/aromatic N) is 1. The summed E-state index contributed by atoms with van der Waals surface area (Å²) in [7, 11) is -3.46. The minimum Gasteiger partial charge on any atom is -0.374 e. The van der Waals surface area contributed by atoms with Crippen molar-refractivity contribution >= 4 is 10.0 Å². The highest BCUT2D eigenvalue weighted by molar-refractivity contribution is 7.89. The van der Waals surface area contributed by atoms with Gasteiger partial charge in [0.15, 0.2) is 0 Å². The molecule has 112 valence electrons. The lowest BCUT2D eigenvalue weighted by Crippen LogP contribution is -2.51. The molecule has 1 fully saturated rings. The van der Waals surface area contributed by atoms with Gasteiger partial charge in [0.1, 0.15) is 0 Å². The first-order valence-electron chi connectivity index (χ1n) is 6.91. The molecule has 1 aliphatic heterocycles. The van der Waals surface area contributed by atoms with Gasteiger partial charge in [-0.2, -0.15) is 4.31 Å². The van der Waals surface area contributed by atoms with Crippen molar-refractivity contribution in [1.29, 1.82) is 0 Å². The molecule has 2 atom stereocenters. The van der Waals surface area contributed by atoms with Crippen molar-refractivity contribution in [3.63, 3.8) is 0 Å². The van der Waals surface area contributed by atoms with Crippen LogP contribution in [0.2, 0.25) is 0 Å². The molecule has 0 radical (unpaired) electrons. The van der Waals surface area contributed by atoms with Crippen molar-refractivity contribution in [1.82, 2.24) is 4.31 Å². The van der Waals surface area contributed by atoms with E-state index in [2.05, 4.69) is 0 Å². The number of sulfonamides is 1. The van der Waals surface area contributed by atoms with Crippen LogP contribution in [0.4, 0.5) is 0 Å². The third-order valence-corrected chi connectivity index (χ3v) is 5.49. The molecule has 1 saturated heterocycles. The largest absolute Gasteiger partial charge is 0.374 e. The van der Waals surface area contributed by atoms with Crippen LogP contribution in [0.25, 0.3) is 0 Å². The molecule has 2 rings (SSSR count). The van der Waals surface area contributed by atoms with Crippen molar-refractivity contribution in [3.8, 4) is 0 Å². The molecule has 1 aromatic rings. The number of benzene rings is 1. The second-order valence-corrected chi connectivity index (χ2v) is 7.07. The SMILES string of the molecule is CCc1ccc(S(=O)(=O)N2CCOC(C(C)N)C2)cc1. The van der Waals surface area contributed by atoms with E-state index in [9.17, 15) is 8.42 Å². The highest BCUT2D eigenvalue weighted by Gasteiger charge is 2.32. The molecule has 0 aromatic heterocycles. The molecule has 2 N–H and O–H groups in total. The predicted octanol–water partition coefficient (Wildman–Crippen LogP) is 0.986. The van der Waals surface area contributed by atoms with Gasteiger partial charge in [-0.15, -0.1) is 0 Å². The molecule has 1 aliphatic rings. The van der Waals surface area contributed by atoms with E-state index in [0.29, 0.717) is 24.6 Å². The van der Waals surface area contributed by atoms with Gasteiger partial charge in [0.2, 0.25) is 10.0 Å². The number of nitrogens with two attached hydrogens (primary N) is 1. The Morgan fingerprint density at radius 2 is 2.05 bits per heavy atom. The third kappa shape index (κ3) is 3.20. The molecule has 2 unspecified atom stereocenters. The molecule has 0 aliphatic carbocycles. The maximum Gasteiger partial charge on any atom is 0.243 e. The first kappa shape index (κ1) is 15.4. The maximum absolute atomic E-state index is 12.6. The zero-order valence-electron chi connectivity index (χ0n) is 12.0. The van der Waals surface area contributed by atoms with Gasteiger partial charge in [0, 0.05) is 19.1 Å². The van der Waals surface area contributed by atoms with Gasteiger partial charge < -0.3 is 10.5 Å². The van der Waals surface area contributed by atoms with E-state index in [1.807, 2.05) is 26.0 Å². The van der Waals surface area contributed by atoms with Crippen LogP contribution >= 0.6 is 0 Å². The quantitative estimate of drug-likeness (QED) is 0.899. The van der Waals surface area contributed by atoms with Crippen LogP contribution in [0.3, 0.4) is 0 Å². The highest BCUT2D eigenvalue weighted by Crippen LogP contribution is 2.20. The maximum atomic E-state index is 12.6. The first-order chi connectivity index (χ1) is 9.45. The Labute approximate surface area is 120 Å². The summed E-state index contributed by atoms with van der Waals surface area (Å²) in [5, 5.41) is 0. The summed E-state index contributed by atoms with van der Waals surface area (Å²) in [6.45, 7) is 4.95. The fourth-order valence-corrected chi connectivity index (χ4v) is 3.67. The van der Waals surface area contributed by atoms with E-state index in [4.69, 9.17) is 10.5 Å². The molecule has 0 bridgehead atoms. The van der Waals surface area contributed by atoms with Gasteiger partial charge >= 0.3 is 0 Å². The summed E-state index contributed by atoms with van der Waals surface area (Å²) in [4.78, 5) is 0.333. The predicted molar refractivity (Wildman–Crippen MR) is 78.0 cm³/mol. The highest BCUT2D eigenvalue weighted by atomic mass is 32.2. The summed E-state index contributed by atoms with van der Waals surface area (Å²) in [5.41, 5.74) is 6.93. The Balaban J connectivity index is 2.20. The van der Waals surface area contributed by atoms with Crippen LogP contribution in [0.15, 0.2) is 29.2 Å². The third-order valence-electron chi connectivity index (χ3n) is 3.61. The lowest BCUT2D eigenvalue weighted by atomic mass is 10.2. The van der Waals surface area contributed by atoms with Crippen molar-refractivity contribution in [2.75, 3.05) is 19.7 Å². The van der Waals surface area contributed by atoms with E-state index < -0.39 is 10.0 Å². The smallest absolute Gasteiger partial charge is 0.243 e. The zero-order valence-corrected chi connectivity index (χ0v) is 12.8. The monoisotopic (exact) mass is 298 g/mol. The van der Waals surface area contributed by atoms with Gasteiger partial charge in [0.05, 0.1) is 17.6 Å². The summed E-state index contributed by atoms with van der Waals surface area (Å²) < 4.78 is 32.1. The fraction of sp³-hybridized carbons (Fsp3) is 0.571. The number of hydrogen-bond acceptors (Lipinski definition) is 4. The minimum atomic E-state index is -3.46. The molecular weight excluding hydrogens is 276 g/mol. The van der Waals surface area contributed by atoms with E-state index >= 15 is 0 Å². The van der Waals surface area contributed by atoms with Gasteiger partial charge in [0.25, 0.3) is 0 Å². The lowest BCUT2D eigenvalue weighted by Gasteiger charge is -2.33. The van der Waals surface area contributed by atoms with Gasteiger partial charge in [-0.25, -0.2) is 8.42 Å². The summed E-state index contributed by atoms with van der Waals surface area (Å²) in [6, 6.07) is 6.87. The molecule has 0 spiro atoms. The Bertz CT molecular complexity index is 540. The topological polar surface area (TPSA) is 72.6 Å². The molecule has 1 heterocycles. The molecular formula is C14H22N2O3S. The van der Waals surface area contributed by atoms with Crippen molar-refractivity contribution in [2.24, 2.45) is 5.73 Å². The van der Waals surface area contributed by atoms with Gasteiger partial charge in [-0.3, -0.25) is 0 Å². The Morgan fingerprint density at radius 1 is 1.40 bits per heavy atom. The first-order valence-corrected chi connectivity index (χ1v) is 8.35. The van der Waals surface area contributed by atoms with Crippen LogP contribution in [0.5, 0.6) is 0 Å². The average molecular weight is 298 g/mol. The van der Waals surface area contributed by atoms with Crippen LogP contribution < -0.4 is 5.73 Å². The van der Waals surface area contributed by atoms with E-state index in [0.717, 1.165) is 12.0 Å². The van der Waals surface area contributed by atoms with E-state index in [1.54, 1.807) is 12.1 Å². The summed E-state index contributed by atoms with van der Waals surface area (Å²) in [5.74, 6) is 0. The Morgan fingerprint density at radius 3 is 2.60 bits per heavy atom. The van der Waals surface area contributed by atoms with Crippen LogP contribution in [-0.4, -0.2) is 44.6 Å². The molecule has 6 heteroatoms. The molecule has 0 saturated carbocycles. The zero-order chi connectivity index (χ0) is 14.8. The average Bonchev–Trinajstić information content (AvgIpc) is 2.47. The molecule has 0 amide bonds. The number of rotatable bonds is 4. The normalized spacial score (nSPS) is 22.6. The lowest BCUT2D eigenvalue weighted by molar-refractivity contribution is -0.0120. The van der Waals surface area contributed by atoms with Crippen LogP contribution in [0, 0.1) is 0 Å². The number of morpholine rings is 1. The van der Waals surface area contributed by atoms with Crippen molar-refractivity contribution in [3.05, 3.63) is 29.8 Å². The van der Waals surface area contributed by atoms with Crippen LogP contribution in [0.1, 0.15) is 19.4 Å². The number of aryl methyl sites for hydroxylation is 1.